The van der Waals surface area contributed by atoms with E-state index in [0.717, 1.165) is 56.4 Å². The number of nitrogens with zero attached hydrogens (tertiary/aromatic N) is 3. The fourth-order valence-corrected chi connectivity index (χ4v) is 3.58. The molecule has 4 rings (SSSR count). The third kappa shape index (κ3) is 5.76. The number of aromatic nitrogens is 2. The van der Waals surface area contributed by atoms with Crippen LogP contribution in [-0.2, 0) is 13.0 Å². The lowest BCUT2D eigenvalue weighted by molar-refractivity contribution is 0.102. The van der Waals surface area contributed by atoms with Crippen LogP contribution in [0.1, 0.15) is 61.6 Å². The van der Waals surface area contributed by atoms with Gasteiger partial charge in [-0.1, -0.05) is 26.8 Å². The van der Waals surface area contributed by atoms with E-state index in [1.165, 1.54) is 30.3 Å². The molecule has 1 saturated carbocycles. The summed E-state index contributed by atoms with van der Waals surface area (Å²) in [5, 5.41) is 6.35. The van der Waals surface area contributed by atoms with Gasteiger partial charge in [0.25, 0.3) is 5.91 Å². The number of benzene rings is 1. The Hall–Kier alpha value is -2.47. The molecule has 0 unspecified atom stereocenters. The average molecular weight is 396 g/mol. The zero-order valence-corrected chi connectivity index (χ0v) is 17.9. The summed E-state index contributed by atoms with van der Waals surface area (Å²) in [6.45, 7) is 10.00. The summed E-state index contributed by atoms with van der Waals surface area (Å²) in [5.74, 6) is 1.43. The maximum Gasteiger partial charge on any atom is 0.274 e. The number of nitrogens with one attached hydrogen (secondary N) is 2. The molecular weight excluding hydrogens is 362 g/mol. The minimum Gasteiger partial charge on any atom is -0.356 e. The van der Waals surface area contributed by atoms with Crippen LogP contribution >= 0.6 is 0 Å². The maximum absolute atomic E-state index is 12.7. The molecule has 2 aromatic rings. The summed E-state index contributed by atoms with van der Waals surface area (Å²) >= 11 is 0. The second-order valence-electron chi connectivity index (χ2n) is 7.52. The van der Waals surface area contributed by atoms with E-state index in [1.54, 1.807) is 0 Å². The number of hydrogen-bond donors (Lipinski definition) is 2. The van der Waals surface area contributed by atoms with Crippen LogP contribution < -0.4 is 15.5 Å². The molecule has 29 heavy (non-hydrogen) atoms. The summed E-state index contributed by atoms with van der Waals surface area (Å²) in [7, 11) is 0. The summed E-state index contributed by atoms with van der Waals surface area (Å²) in [6, 6.07) is 7.95. The molecule has 0 radical (unpaired) electrons. The van der Waals surface area contributed by atoms with Gasteiger partial charge in [0, 0.05) is 31.4 Å². The van der Waals surface area contributed by atoms with E-state index in [0.29, 0.717) is 5.69 Å². The highest BCUT2D eigenvalue weighted by Crippen LogP contribution is 2.31. The predicted molar refractivity (Wildman–Crippen MR) is 118 cm³/mol. The number of carbonyl (C=O) groups is 1. The van der Waals surface area contributed by atoms with E-state index < -0.39 is 0 Å². The molecule has 1 aromatic carbocycles. The van der Waals surface area contributed by atoms with Crippen molar-refractivity contribution in [2.75, 3.05) is 29.9 Å². The SMILES string of the molecule is CC.CCCN(CC1CC1)c1cc(C(=O)Nc2ccc3c(c2)CNCC3)ncn1. The highest BCUT2D eigenvalue weighted by Gasteiger charge is 2.25. The topological polar surface area (TPSA) is 70.2 Å². The van der Waals surface area contributed by atoms with E-state index >= 15 is 0 Å². The van der Waals surface area contributed by atoms with Crippen molar-refractivity contribution in [1.29, 1.82) is 0 Å². The Morgan fingerprint density at radius 3 is 2.79 bits per heavy atom. The van der Waals surface area contributed by atoms with Gasteiger partial charge < -0.3 is 15.5 Å². The first kappa shape index (κ1) is 21.2. The molecule has 1 amide bonds. The van der Waals surface area contributed by atoms with Crippen LogP contribution in [0.25, 0.3) is 0 Å². The van der Waals surface area contributed by atoms with Gasteiger partial charge in [-0.15, -0.1) is 0 Å². The van der Waals surface area contributed by atoms with Crippen molar-refractivity contribution in [3.8, 4) is 0 Å². The number of amides is 1. The van der Waals surface area contributed by atoms with Crippen molar-refractivity contribution in [3.63, 3.8) is 0 Å². The third-order valence-corrected chi connectivity index (χ3v) is 5.23. The molecule has 0 saturated heterocycles. The van der Waals surface area contributed by atoms with Gasteiger partial charge in [-0.05, 0) is 61.4 Å². The van der Waals surface area contributed by atoms with Crippen molar-refractivity contribution >= 4 is 17.4 Å². The number of carbonyl (C=O) groups excluding carboxylic acids is 1. The summed E-state index contributed by atoms with van der Waals surface area (Å²) in [5.41, 5.74) is 3.83. The quantitative estimate of drug-likeness (QED) is 0.741. The monoisotopic (exact) mass is 395 g/mol. The molecule has 2 N–H and O–H groups in total. The first-order valence-electron chi connectivity index (χ1n) is 10.9. The lowest BCUT2D eigenvalue weighted by Crippen LogP contribution is -2.28. The molecule has 0 atom stereocenters. The number of hydrogen-bond acceptors (Lipinski definition) is 5. The Kier molecular flexibility index (Phi) is 7.58. The first-order chi connectivity index (χ1) is 14.2. The highest BCUT2D eigenvalue weighted by molar-refractivity contribution is 6.03. The lowest BCUT2D eigenvalue weighted by atomic mass is 10.0. The molecular formula is C23H33N5O. The summed E-state index contributed by atoms with van der Waals surface area (Å²) in [6.07, 6.45) is 6.18. The average Bonchev–Trinajstić information content (AvgIpc) is 3.59. The zero-order chi connectivity index (χ0) is 20.6. The van der Waals surface area contributed by atoms with Crippen molar-refractivity contribution in [3.05, 3.63) is 47.4 Å². The minimum absolute atomic E-state index is 0.190. The van der Waals surface area contributed by atoms with Crippen LogP contribution in [0.3, 0.4) is 0 Å². The predicted octanol–water partition coefficient (Wildman–Crippen LogP) is 4.03. The van der Waals surface area contributed by atoms with Crippen LogP contribution in [0.4, 0.5) is 11.5 Å². The Morgan fingerprint density at radius 1 is 1.21 bits per heavy atom. The Morgan fingerprint density at radius 2 is 2.03 bits per heavy atom. The Balaban J connectivity index is 0.00000117. The number of rotatable bonds is 7. The molecule has 6 heteroatoms. The van der Waals surface area contributed by atoms with Crippen molar-refractivity contribution in [1.82, 2.24) is 15.3 Å². The van der Waals surface area contributed by atoms with E-state index in [9.17, 15) is 4.79 Å². The van der Waals surface area contributed by atoms with Gasteiger partial charge in [0.05, 0.1) is 0 Å². The first-order valence-corrected chi connectivity index (χ1v) is 10.9. The molecule has 2 aliphatic rings. The van der Waals surface area contributed by atoms with Gasteiger partial charge in [-0.3, -0.25) is 4.79 Å². The third-order valence-electron chi connectivity index (χ3n) is 5.23. The van der Waals surface area contributed by atoms with E-state index in [4.69, 9.17) is 0 Å². The number of fused-ring (bicyclic) bond motifs is 1. The second-order valence-corrected chi connectivity index (χ2v) is 7.52. The smallest absolute Gasteiger partial charge is 0.274 e. The van der Waals surface area contributed by atoms with Crippen LogP contribution in [0.5, 0.6) is 0 Å². The summed E-state index contributed by atoms with van der Waals surface area (Å²) < 4.78 is 0. The highest BCUT2D eigenvalue weighted by atomic mass is 16.1. The van der Waals surface area contributed by atoms with Gasteiger partial charge >= 0.3 is 0 Å². The fourth-order valence-electron chi connectivity index (χ4n) is 3.58. The van der Waals surface area contributed by atoms with Crippen molar-refractivity contribution < 1.29 is 4.79 Å². The van der Waals surface area contributed by atoms with Crippen LogP contribution in [-0.4, -0.2) is 35.5 Å². The van der Waals surface area contributed by atoms with Crippen LogP contribution in [0.2, 0.25) is 0 Å². The van der Waals surface area contributed by atoms with Gasteiger partial charge in [0.2, 0.25) is 0 Å². The summed E-state index contributed by atoms with van der Waals surface area (Å²) in [4.78, 5) is 23.6. The van der Waals surface area contributed by atoms with Crippen LogP contribution in [0, 0.1) is 5.92 Å². The Bertz CT molecular complexity index is 819. The molecule has 1 aromatic heterocycles. The molecule has 2 heterocycles. The van der Waals surface area contributed by atoms with Gasteiger partial charge in [-0.2, -0.15) is 0 Å². The van der Waals surface area contributed by atoms with E-state index in [1.807, 2.05) is 26.0 Å². The molecule has 0 bridgehead atoms. The standard InChI is InChI=1S/C21H27N5O.C2H6/c1-2-9-26(13-15-3-4-15)20-11-19(23-14-24-20)21(27)25-18-6-5-16-7-8-22-12-17(16)10-18;1-2/h5-6,10-11,14-15,22H,2-4,7-9,12-13H2,1H3,(H,25,27);1-2H3. The molecule has 1 fully saturated rings. The lowest BCUT2D eigenvalue weighted by Gasteiger charge is -2.23. The molecule has 0 spiro atoms. The fraction of sp³-hybridized carbons (Fsp3) is 0.522. The van der Waals surface area contributed by atoms with Gasteiger partial charge in [0.1, 0.15) is 17.8 Å². The molecule has 156 valence electrons. The largest absolute Gasteiger partial charge is 0.356 e. The van der Waals surface area contributed by atoms with Crippen LogP contribution in [0.15, 0.2) is 30.6 Å². The van der Waals surface area contributed by atoms with E-state index in [-0.39, 0.29) is 5.91 Å². The van der Waals surface area contributed by atoms with E-state index in [2.05, 4.69) is 44.6 Å². The second kappa shape index (κ2) is 10.3. The van der Waals surface area contributed by atoms with Gasteiger partial charge in [0.15, 0.2) is 0 Å². The molecule has 6 nitrogen and oxygen atoms in total. The van der Waals surface area contributed by atoms with Gasteiger partial charge in [-0.25, -0.2) is 9.97 Å². The molecule has 1 aliphatic heterocycles. The normalized spacial score (nSPS) is 15.0. The minimum atomic E-state index is -0.190. The maximum atomic E-state index is 12.7. The van der Waals surface area contributed by atoms with Crippen molar-refractivity contribution in [2.24, 2.45) is 5.92 Å². The zero-order valence-electron chi connectivity index (χ0n) is 17.9. The molecule has 1 aliphatic carbocycles. The van der Waals surface area contributed by atoms with Crippen molar-refractivity contribution in [2.45, 2.75) is 53.0 Å². The number of anilines is 2. The Labute approximate surface area is 174 Å².